The standard InChI is InChI=1S/C14H20N2O4/c1-14(2)8-16(6-10(7-17)20-14)12-4-3-9(13(18)19)5-11(12)15/h3-5,10,17H,6-8,15H2,1-2H3,(H,18,19). The molecule has 6 nitrogen and oxygen atoms in total. The Morgan fingerprint density at radius 3 is 2.80 bits per heavy atom. The number of carbonyl (C=O) groups is 1. The third-order valence-corrected chi connectivity index (χ3v) is 3.30. The first kappa shape index (κ1) is 14.6. The van der Waals surface area contributed by atoms with Crippen LogP contribution in [0.2, 0.25) is 0 Å². The van der Waals surface area contributed by atoms with Crippen molar-refractivity contribution >= 4 is 17.3 Å². The van der Waals surface area contributed by atoms with Crippen molar-refractivity contribution in [2.24, 2.45) is 0 Å². The van der Waals surface area contributed by atoms with Crippen molar-refractivity contribution in [3.8, 4) is 0 Å². The SMILES string of the molecule is CC1(C)CN(c2ccc(C(=O)O)cc2N)CC(CO)O1. The lowest BCUT2D eigenvalue weighted by atomic mass is 10.0. The van der Waals surface area contributed by atoms with Crippen molar-refractivity contribution in [3.63, 3.8) is 0 Å². The number of aromatic carboxylic acids is 1. The smallest absolute Gasteiger partial charge is 0.335 e. The van der Waals surface area contributed by atoms with Crippen LogP contribution >= 0.6 is 0 Å². The van der Waals surface area contributed by atoms with E-state index in [0.29, 0.717) is 18.8 Å². The van der Waals surface area contributed by atoms with Gasteiger partial charge in [0, 0.05) is 13.1 Å². The molecular formula is C14H20N2O4. The van der Waals surface area contributed by atoms with Gasteiger partial charge in [0.1, 0.15) is 0 Å². The van der Waals surface area contributed by atoms with Crippen molar-refractivity contribution < 1.29 is 19.7 Å². The van der Waals surface area contributed by atoms with Gasteiger partial charge < -0.3 is 25.6 Å². The molecule has 1 aromatic carbocycles. The van der Waals surface area contributed by atoms with Gasteiger partial charge in [-0.2, -0.15) is 0 Å². The minimum absolute atomic E-state index is 0.0625. The van der Waals surface area contributed by atoms with Crippen molar-refractivity contribution in [2.45, 2.75) is 25.6 Å². The molecule has 1 fully saturated rings. The fraction of sp³-hybridized carbons (Fsp3) is 0.500. The molecule has 6 heteroatoms. The summed E-state index contributed by atoms with van der Waals surface area (Å²) in [4.78, 5) is 12.9. The van der Waals surface area contributed by atoms with E-state index in [9.17, 15) is 9.90 Å². The zero-order chi connectivity index (χ0) is 14.9. The molecule has 1 unspecified atom stereocenters. The first-order valence-corrected chi connectivity index (χ1v) is 6.49. The molecule has 0 bridgehead atoms. The van der Waals surface area contributed by atoms with Crippen LogP contribution in [0.5, 0.6) is 0 Å². The zero-order valence-electron chi connectivity index (χ0n) is 11.7. The molecule has 0 amide bonds. The molecule has 0 spiro atoms. The Kier molecular flexibility index (Phi) is 3.87. The van der Waals surface area contributed by atoms with Gasteiger partial charge in [0.25, 0.3) is 0 Å². The van der Waals surface area contributed by atoms with Crippen LogP contribution in [-0.2, 0) is 4.74 Å². The van der Waals surface area contributed by atoms with Gasteiger partial charge in [0.15, 0.2) is 0 Å². The number of aliphatic hydroxyl groups is 1. The van der Waals surface area contributed by atoms with Crippen molar-refractivity contribution in [3.05, 3.63) is 23.8 Å². The Morgan fingerprint density at radius 2 is 2.25 bits per heavy atom. The fourth-order valence-corrected chi connectivity index (χ4v) is 2.55. The van der Waals surface area contributed by atoms with Gasteiger partial charge in [-0.05, 0) is 32.0 Å². The minimum Gasteiger partial charge on any atom is -0.478 e. The van der Waals surface area contributed by atoms with E-state index in [1.165, 1.54) is 12.1 Å². The highest BCUT2D eigenvalue weighted by Crippen LogP contribution is 2.30. The molecule has 4 N–H and O–H groups in total. The van der Waals surface area contributed by atoms with E-state index in [1.54, 1.807) is 6.07 Å². The highest BCUT2D eigenvalue weighted by Gasteiger charge is 2.33. The number of nitrogens with two attached hydrogens (primary N) is 1. The predicted molar refractivity (Wildman–Crippen MR) is 76.1 cm³/mol. The van der Waals surface area contributed by atoms with Crippen molar-refractivity contribution in [1.82, 2.24) is 0 Å². The lowest BCUT2D eigenvalue weighted by Gasteiger charge is -2.43. The number of carboxylic acid groups (broad SMARTS) is 1. The minimum atomic E-state index is -1.00. The van der Waals surface area contributed by atoms with Crippen LogP contribution in [-0.4, -0.2) is 47.6 Å². The maximum atomic E-state index is 10.9. The van der Waals surface area contributed by atoms with Crippen LogP contribution in [0.1, 0.15) is 24.2 Å². The number of nitrogen functional groups attached to an aromatic ring is 1. The number of hydrogen-bond donors (Lipinski definition) is 3. The molecule has 1 heterocycles. The molecule has 1 aliphatic heterocycles. The second-order valence-electron chi connectivity index (χ2n) is 5.64. The van der Waals surface area contributed by atoms with Crippen LogP contribution in [0.15, 0.2) is 18.2 Å². The Hall–Kier alpha value is -1.79. The Balaban J connectivity index is 2.28. The summed E-state index contributed by atoms with van der Waals surface area (Å²) in [6.07, 6.45) is -0.280. The maximum absolute atomic E-state index is 10.9. The van der Waals surface area contributed by atoms with Gasteiger partial charge in [-0.3, -0.25) is 0 Å². The maximum Gasteiger partial charge on any atom is 0.335 e. The molecule has 0 radical (unpaired) electrons. The first-order chi connectivity index (χ1) is 9.32. The highest BCUT2D eigenvalue weighted by molar-refractivity contribution is 5.90. The summed E-state index contributed by atoms with van der Waals surface area (Å²) in [6, 6.07) is 4.69. The average Bonchev–Trinajstić information content (AvgIpc) is 2.36. The number of hydrogen-bond acceptors (Lipinski definition) is 5. The molecule has 1 saturated heterocycles. The molecule has 2 rings (SSSR count). The predicted octanol–water partition coefficient (Wildman–Crippen LogP) is 0.943. The van der Waals surface area contributed by atoms with Crippen LogP contribution in [0.4, 0.5) is 11.4 Å². The van der Waals surface area contributed by atoms with E-state index >= 15 is 0 Å². The molecule has 20 heavy (non-hydrogen) atoms. The lowest BCUT2D eigenvalue weighted by Crippen LogP contribution is -2.54. The monoisotopic (exact) mass is 280 g/mol. The van der Waals surface area contributed by atoms with Gasteiger partial charge in [-0.15, -0.1) is 0 Å². The van der Waals surface area contributed by atoms with Crippen LogP contribution in [0.25, 0.3) is 0 Å². The van der Waals surface area contributed by atoms with Gasteiger partial charge >= 0.3 is 5.97 Å². The molecule has 0 aromatic heterocycles. The Morgan fingerprint density at radius 1 is 1.55 bits per heavy atom. The second-order valence-corrected chi connectivity index (χ2v) is 5.64. The summed E-state index contributed by atoms with van der Waals surface area (Å²) in [5, 5.41) is 18.3. The van der Waals surface area contributed by atoms with Gasteiger partial charge in [0.2, 0.25) is 0 Å². The Bertz CT molecular complexity index is 516. The largest absolute Gasteiger partial charge is 0.478 e. The average molecular weight is 280 g/mol. The molecular weight excluding hydrogens is 260 g/mol. The van der Waals surface area contributed by atoms with E-state index in [4.69, 9.17) is 15.6 Å². The number of morpholine rings is 1. The summed E-state index contributed by atoms with van der Waals surface area (Å²) in [7, 11) is 0. The van der Waals surface area contributed by atoms with Crippen LogP contribution < -0.4 is 10.6 Å². The first-order valence-electron chi connectivity index (χ1n) is 6.49. The van der Waals surface area contributed by atoms with Gasteiger partial charge in [-0.1, -0.05) is 0 Å². The third kappa shape index (κ3) is 3.02. The van der Waals surface area contributed by atoms with Crippen LogP contribution in [0.3, 0.4) is 0 Å². The number of benzene rings is 1. The summed E-state index contributed by atoms with van der Waals surface area (Å²) in [5.41, 5.74) is 6.91. The van der Waals surface area contributed by atoms with Gasteiger partial charge in [0.05, 0.1) is 35.3 Å². The normalized spacial score (nSPS) is 21.8. The molecule has 0 aliphatic carbocycles. The van der Waals surface area contributed by atoms with E-state index in [0.717, 1.165) is 5.69 Å². The van der Waals surface area contributed by atoms with Crippen molar-refractivity contribution in [1.29, 1.82) is 0 Å². The number of carboxylic acids is 1. The number of nitrogens with zero attached hydrogens (tertiary/aromatic N) is 1. The topological polar surface area (TPSA) is 96.0 Å². The molecule has 1 atom stereocenters. The molecule has 0 saturated carbocycles. The number of aliphatic hydroxyl groups excluding tert-OH is 1. The number of anilines is 2. The molecule has 1 aliphatic rings. The summed E-state index contributed by atoms with van der Waals surface area (Å²) >= 11 is 0. The van der Waals surface area contributed by atoms with E-state index in [2.05, 4.69) is 0 Å². The summed E-state index contributed by atoms with van der Waals surface area (Å²) < 4.78 is 5.75. The van der Waals surface area contributed by atoms with E-state index in [-0.39, 0.29) is 18.3 Å². The van der Waals surface area contributed by atoms with E-state index < -0.39 is 11.6 Å². The summed E-state index contributed by atoms with van der Waals surface area (Å²) in [6.45, 7) is 4.98. The quantitative estimate of drug-likeness (QED) is 0.713. The molecule has 1 aromatic rings. The summed E-state index contributed by atoms with van der Waals surface area (Å²) in [5.74, 6) is -1.00. The van der Waals surface area contributed by atoms with E-state index in [1.807, 2.05) is 18.7 Å². The number of ether oxygens (including phenoxy) is 1. The Labute approximate surface area is 117 Å². The van der Waals surface area contributed by atoms with Crippen LogP contribution in [0, 0.1) is 0 Å². The van der Waals surface area contributed by atoms with Gasteiger partial charge in [-0.25, -0.2) is 4.79 Å². The third-order valence-electron chi connectivity index (χ3n) is 3.30. The van der Waals surface area contributed by atoms with Crippen molar-refractivity contribution in [2.75, 3.05) is 30.3 Å². The zero-order valence-corrected chi connectivity index (χ0v) is 11.7. The highest BCUT2D eigenvalue weighted by atomic mass is 16.5. The fourth-order valence-electron chi connectivity index (χ4n) is 2.55. The second kappa shape index (κ2) is 5.30. The molecule has 110 valence electrons. The number of rotatable bonds is 3. The lowest BCUT2D eigenvalue weighted by molar-refractivity contribution is -0.100.